The molecule has 1 aromatic carbocycles. The lowest BCUT2D eigenvalue weighted by atomic mass is 9.76. The summed E-state index contributed by atoms with van der Waals surface area (Å²) in [7, 11) is -0.257. The zero-order chi connectivity index (χ0) is 32.6. The highest BCUT2D eigenvalue weighted by atomic mass is 16.7. The van der Waals surface area contributed by atoms with Crippen molar-refractivity contribution >= 4 is 12.6 Å². The number of rotatable bonds is 29. The van der Waals surface area contributed by atoms with Gasteiger partial charge in [0.15, 0.2) is 0 Å². The molecule has 1 fully saturated rings. The van der Waals surface area contributed by atoms with E-state index >= 15 is 0 Å². The van der Waals surface area contributed by atoms with Gasteiger partial charge < -0.3 is 9.31 Å². The zero-order valence-corrected chi connectivity index (χ0v) is 31.4. The zero-order valence-electron chi connectivity index (χ0n) is 31.4. The summed E-state index contributed by atoms with van der Waals surface area (Å²) < 4.78 is 13.0. The summed E-state index contributed by atoms with van der Waals surface area (Å²) in [5, 5.41) is 0. The van der Waals surface area contributed by atoms with Crippen LogP contribution in [0.15, 0.2) is 18.2 Å². The van der Waals surface area contributed by atoms with Crippen LogP contribution in [0.5, 0.6) is 0 Å². The molecule has 0 bridgehead atoms. The van der Waals surface area contributed by atoms with Crippen LogP contribution in [0.25, 0.3) is 0 Å². The molecule has 260 valence electrons. The topological polar surface area (TPSA) is 18.5 Å². The second-order valence-corrected chi connectivity index (χ2v) is 15.7. The van der Waals surface area contributed by atoms with Crippen molar-refractivity contribution in [2.24, 2.45) is 0 Å². The lowest BCUT2D eigenvalue weighted by Gasteiger charge is -2.32. The molecule has 0 amide bonds. The number of aryl methyl sites for hydroxylation is 2. The molecular formula is C42H77BO2. The normalized spacial score (nSPS) is 15.7. The van der Waals surface area contributed by atoms with Crippen LogP contribution < -0.4 is 5.46 Å². The van der Waals surface area contributed by atoms with Gasteiger partial charge >= 0.3 is 7.12 Å². The predicted octanol–water partition coefficient (Wildman–Crippen LogP) is 13.3. The Kier molecular flexibility index (Phi) is 21.9. The van der Waals surface area contributed by atoms with Crippen molar-refractivity contribution < 1.29 is 9.31 Å². The monoisotopic (exact) mass is 625 g/mol. The Hall–Kier alpha value is -0.795. The summed E-state index contributed by atoms with van der Waals surface area (Å²) in [6.45, 7) is 13.3. The molecule has 1 saturated heterocycles. The fourth-order valence-corrected chi connectivity index (χ4v) is 6.89. The summed E-state index contributed by atoms with van der Waals surface area (Å²) in [6, 6.07) is 7.27. The molecule has 0 aliphatic carbocycles. The largest absolute Gasteiger partial charge is 0.494 e. The van der Waals surface area contributed by atoms with Crippen molar-refractivity contribution in [1.82, 2.24) is 0 Å². The van der Waals surface area contributed by atoms with E-state index in [-0.39, 0.29) is 18.3 Å². The molecule has 45 heavy (non-hydrogen) atoms. The molecule has 3 heteroatoms. The van der Waals surface area contributed by atoms with Crippen molar-refractivity contribution in [2.75, 3.05) is 0 Å². The van der Waals surface area contributed by atoms with Crippen molar-refractivity contribution in [2.45, 2.75) is 233 Å². The van der Waals surface area contributed by atoms with E-state index in [2.05, 4.69) is 59.7 Å². The van der Waals surface area contributed by atoms with E-state index < -0.39 is 0 Å². The Morgan fingerprint density at radius 3 is 0.956 bits per heavy atom. The van der Waals surface area contributed by atoms with Gasteiger partial charge in [-0.15, -0.1) is 0 Å². The molecule has 1 heterocycles. The minimum absolute atomic E-state index is 0.257. The number of benzene rings is 1. The molecular weight excluding hydrogens is 547 g/mol. The smallest absolute Gasteiger partial charge is 0.399 e. The molecule has 0 unspecified atom stereocenters. The molecule has 0 spiro atoms. The van der Waals surface area contributed by atoms with Crippen LogP contribution in [-0.2, 0) is 22.2 Å². The number of hydrogen-bond acceptors (Lipinski definition) is 2. The van der Waals surface area contributed by atoms with Crippen molar-refractivity contribution in [3.05, 3.63) is 29.3 Å². The number of unbranched alkanes of at least 4 members (excludes halogenated alkanes) is 24. The van der Waals surface area contributed by atoms with Gasteiger partial charge in [-0.2, -0.15) is 0 Å². The first-order valence-corrected chi connectivity index (χ1v) is 20.3. The molecule has 1 aromatic rings. The van der Waals surface area contributed by atoms with E-state index in [0.29, 0.717) is 0 Å². The third kappa shape index (κ3) is 17.8. The minimum Gasteiger partial charge on any atom is -0.399 e. The summed E-state index contributed by atoms with van der Waals surface area (Å²) in [5.74, 6) is 0. The van der Waals surface area contributed by atoms with Gasteiger partial charge in [-0.3, -0.25) is 0 Å². The second kappa shape index (κ2) is 24.4. The maximum absolute atomic E-state index is 6.48. The minimum atomic E-state index is -0.294. The van der Waals surface area contributed by atoms with Crippen LogP contribution in [0.2, 0.25) is 0 Å². The SMILES string of the molecule is CCCCCCCCCCCCCCCc1cc(CCCCCCCCCCCCCCC)cc(B2OC(C)(C)C(C)(C)O2)c1. The fraction of sp³-hybridized carbons (Fsp3) is 0.857. The van der Waals surface area contributed by atoms with Gasteiger partial charge in [0.05, 0.1) is 11.2 Å². The molecule has 1 aliphatic heterocycles. The fourth-order valence-electron chi connectivity index (χ4n) is 6.89. The van der Waals surface area contributed by atoms with Crippen LogP contribution in [0, 0.1) is 0 Å². The van der Waals surface area contributed by atoms with Gasteiger partial charge in [0.25, 0.3) is 0 Å². The van der Waals surface area contributed by atoms with E-state index in [1.165, 1.54) is 196 Å². The van der Waals surface area contributed by atoms with Crippen molar-refractivity contribution in [1.29, 1.82) is 0 Å². The Bertz CT molecular complexity index is 783. The molecule has 0 N–H and O–H groups in total. The molecule has 2 nitrogen and oxygen atoms in total. The third-order valence-electron chi connectivity index (χ3n) is 10.7. The lowest BCUT2D eigenvalue weighted by Crippen LogP contribution is -2.41. The number of hydrogen-bond donors (Lipinski definition) is 0. The standard InChI is InChI=1S/C42H77BO2/c1-7-9-11-13-15-17-19-21-23-25-27-29-31-33-38-35-39(37-40(36-38)43-44-41(3,4)42(5,6)45-43)34-32-30-28-26-24-22-20-18-16-14-12-10-8-2/h35-37H,7-34H2,1-6H3. The van der Waals surface area contributed by atoms with Crippen molar-refractivity contribution in [3.8, 4) is 0 Å². The first-order valence-electron chi connectivity index (χ1n) is 20.3. The van der Waals surface area contributed by atoms with Gasteiger partial charge in [0.1, 0.15) is 0 Å². The maximum Gasteiger partial charge on any atom is 0.494 e. The van der Waals surface area contributed by atoms with E-state index in [1.54, 1.807) is 0 Å². The average Bonchev–Trinajstić information content (AvgIpc) is 3.24. The maximum atomic E-state index is 6.48. The molecule has 0 atom stereocenters. The summed E-state index contributed by atoms with van der Waals surface area (Å²) in [5.41, 5.74) is 3.60. The Labute approximate surface area is 283 Å². The Balaban J connectivity index is 1.70. The molecule has 1 aliphatic rings. The summed E-state index contributed by atoms with van der Waals surface area (Å²) >= 11 is 0. The molecule has 0 aromatic heterocycles. The van der Waals surface area contributed by atoms with Gasteiger partial charge in [-0.1, -0.05) is 186 Å². The van der Waals surface area contributed by atoms with Crippen LogP contribution in [0.1, 0.15) is 220 Å². The Morgan fingerprint density at radius 1 is 0.400 bits per heavy atom. The lowest BCUT2D eigenvalue weighted by molar-refractivity contribution is 0.00578. The van der Waals surface area contributed by atoms with Crippen molar-refractivity contribution in [3.63, 3.8) is 0 Å². The van der Waals surface area contributed by atoms with E-state index in [0.717, 1.165) is 0 Å². The van der Waals surface area contributed by atoms with E-state index in [1.807, 2.05) is 0 Å². The van der Waals surface area contributed by atoms with Crippen LogP contribution in [0.4, 0.5) is 0 Å². The van der Waals surface area contributed by atoms with Crippen LogP contribution in [-0.4, -0.2) is 18.3 Å². The highest BCUT2D eigenvalue weighted by Gasteiger charge is 2.51. The summed E-state index contributed by atoms with van der Waals surface area (Å²) in [6.07, 6.45) is 39.0. The highest BCUT2D eigenvalue weighted by molar-refractivity contribution is 6.62. The first kappa shape index (κ1) is 40.4. The Morgan fingerprint density at radius 2 is 0.667 bits per heavy atom. The summed E-state index contributed by atoms with van der Waals surface area (Å²) in [4.78, 5) is 0. The van der Waals surface area contributed by atoms with Crippen LogP contribution in [0.3, 0.4) is 0 Å². The van der Waals surface area contributed by atoms with Gasteiger partial charge in [-0.05, 0) is 70.0 Å². The van der Waals surface area contributed by atoms with Gasteiger partial charge in [-0.25, -0.2) is 0 Å². The predicted molar refractivity (Wildman–Crippen MR) is 201 cm³/mol. The quantitative estimate of drug-likeness (QED) is 0.0652. The van der Waals surface area contributed by atoms with E-state index in [4.69, 9.17) is 9.31 Å². The second-order valence-electron chi connectivity index (χ2n) is 15.7. The molecule has 2 rings (SSSR count). The van der Waals surface area contributed by atoms with Crippen LogP contribution >= 0.6 is 0 Å². The van der Waals surface area contributed by atoms with E-state index in [9.17, 15) is 0 Å². The highest BCUT2D eigenvalue weighted by Crippen LogP contribution is 2.36. The average molecular weight is 625 g/mol. The molecule has 0 saturated carbocycles. The van der Waals surface area contributed by atoms with Gasteiger partial charge in [0, 0.05) is 0 Å². The van der Waals surface area contributed by atoms with Gasteiger partial charge in [0.2, 0.25) is 0 Å². The molecule has 0 radical (unpaired) electrons. The first-order chi connectivity index (χ1) is 21.8. The third-order valence-corrected chi connectivity index (χ3v) is 10.7.